The lowest BCUT2D eigenvalue weighted by molar-refractivity contribution is -0.111. The van der Waals surface area contributed by atoms with E-state index in [4.69, 9.17) is 0 Å². The number of hydrogen-bond acceptors (Lipinski definition) is 3. The van der Waals surface area contributed by atoms with Crippen LogP contribution in [0, 0.1) is 0 Å². The molecule has 0 radical (unpaired) electrons. The van der Waals surface area contributed by atoms with Crippen LogP contribution in [-0.4, -0.2) is 25.7 Å². The van der Waals surface area contributed by atoms with Crippen LogP contribution in [0.3, 0.4) is 0 Å². The Labute approximate surface area is 172 Å². The van der Waals surface area contributed by atoms with Crippen molar-refractivity contribution in [3.05, 3.63) is 87.9 Å². The Kier molecular flexibility index (Phi) is 5.86. The van der Waals surface area contributed by atoms with E-state index >= 15 is 0 Å². The first-order valence-corrected chi connectivity index (χ1v) is 10.7. The van der Waals surface area contributed by atoms with Gasteiger partial charge in [0.25, 0.3) is 10.0 Å². The standard InChI is InChI=1S/C21H17BrN2O3S/c1-14-15(2)20(25)13-12-19(14)23-21(16-6-4-3-5-7-16)24-28(26,27)18-10-8-17(22)9-11-18/h3-13H,1-2H3. The Morgan fingerprint density at radius 2 is 1.54 bits per heavy atom. The van der Waals surface area contributed by atoms with Crippen LogP contribution in [0.2, 0.25) is 0 Å². The normalized spacial score (nSPS) is 16.8. The van der Waals surface area contributed by atoms with Gasteiger partial charge in [-0.1, -0.05) is 46.3 Å². The van der Waals surface area contributed by atoms with Gasteiger partial charge in [0, 0.05) is 15.6 Å². The molecule has 5 nitrogen and oxygen atoms in total. The van der Waals surface area contributed by atoms with Crippen LogP contribution < -0.4 is 0 Å². The van der Waals surface area contributed by atoms with Crippen molar-refractivity contribution in [2.75, 3.05) is 0 Å². The predicted octanol–water partition coefficient (Wildman–Crippen LogP) is 4.50. The highest BCUT2D eigenvalue weighted by Gasteiger charge is 2.18. The topological polar surface area (TPSA) is 75.9 Å². The molecule has 0 aromatic heterocycles. The molecule has 0 N–H and O–H groups in total. The van der Waals surface area contributed by atoms with E-state index in [-0.39, 0.29) is 16.5 Å². The van der Waals surface area contributed by atoms with Crippen LogP contribution >= 0.6 is 15.9 Å². The zero-order valence-corrected chi connectivity index (χ0v) is 17.7. The van der Waals surface area contributed by atoms with Crippen LogP contribution in [0.15, 0.2) is 96.7 Å². The largest absolute Gasteiger partial charge is 0.290 e. The highest BCUT2D eigenvalue weighted by Crippen LogP contribution is 2.20. The quantitative estimate of drug-likeness (QED) is 0.387. The summed E-state index contributed by atoms with van der Waals surface area (Å²) in [4.78, 5) is 16.4. The van der Waals surface area contributed by atoms with E-state index in [2.05, 4.69) is 25.3 Å². The minimum atomic E-state index is -3.96. The highest BCUT2D eigenvalue weighted by molar-refractivity contribution is 9.10. The fourth-order valence-corrected chi connectivity index (χ4v) is 3.74. The molecule has 0 saturated carbocycles. The van der Waals surface area contributed by atoms with E-state index in [9.17, 15) is 13.2 Å². The van der Waals surface area contributed by atoms with Gasteiger partial charge in [-0.05, 0) is 55.8 Å². The second-order valence-electron chi connectivity index (χ2n) is 6.15. The van der Waals surface area contributed by atoms with Gasteiger partial charge >= 0.3 is 0 Å². The zero-order valence-electron chi connectivity index (χ0n) is 15.3. The molecule has 2 aromatic rings. The Morgan fingerprint density at radius 3 is 2.18 bits per heavy atom. The van der Waals surface area contributed by atoms with Gasteiger partial charge in [-0.2, -0.15) is 8.42 Å². The van der Waals surface area contributed by atoms with Crippen molar-refractivity contribution < 1.29 is 13.2 Å². The second-order valence-corrected chi connectivity index (χ2v) is 8.67. The summed E-state index contributed by atoms with van der Waals surface area (Å²) in [6, 6.07) is 15.1. The van der Waals surface area contributed by atoms with E-state index in [1.807, 2.05) is 6.07 Å². The summed E-state index contributed by atoms with van der Waals surface area (Å²) in [5, 5.41) is 0. The number of ketones is 1. The van der Waals surface area contributed by atoms with Crippen molar-refractivity contribution in [1.29, 1.82) is 0 Å². The Hall–Kier alpha value is -2.64. The van der Waals surface area contributed by atoms with Gasteiger partial charge in [-0.15, -0.1) is 4.40 Å². The third kappa shape index (κ3) is 4.43. The van der Waals surface area contributed by atoms with E-state index < -0.39 is 10.0 Å². The van der Waals surface area contributed by atoms with Crippen LogP contribution in [0.25, 0.3) is 0 Å². The molecular formula is C21H17BrN2O3S. The molecule has 0 saturated heterocycles. The van der Waals surface area contributed by atoms with E-state index in [1.165, 1.54) is 18.2 Å². The number of aliphatic imine (C=N–C) groups is 1. The molecule has 3 rings (SSSR count). The first-order valence-electron chi connectivity index (χ1n) is 8.43. The lowest BCUT2D eigenvalue weighted by atomic mass is 9.97. The second kappa shape index (κ2) is 8.16. The van der Waals surface area contributed by atoms with Crippen molar-refractivity contribution in [2.24, 2.45) is 9.39 Å². The average Bonchev–Trinajstić information content (AvgIpc) is 2.68. The Balaban J connectivity index is 2.15. The smallest absolute Gasteiger partial charge is 0.284 e. The van der Waals surface area contributed by atoms with E-state index in [0.29, 0.717) is 22.4 Å². The Morgan fingerprint density at radius 1 is 0.893 bits per heavy atom. The highest BCUT2D eigenvalue weighted by atomic mass is 79.9. The molecule has 2 aromatic carbocycles. The number of sulfonamides is 1. The summed E-state index contributed by atoms with van der Waals surface area (Å²) in [5.74, 6) is -0.0261. The maximum absolute atomic E-state index is 12.8. The molecule has 7 heteroatoms. The van der Waals surface area contributed by atoms with E-state index in [0.717, 1.165) is 4.47 Å². The molecule has 28 heavy (non-hydrogen) atoms. The predicted molar refractivity (Wildman–Crippen MR) is 114 cm³/mol. The van der Waals surface area contributed by atoms with Gasteiger partial charge < -0.3 is 0 Å². The van der Waals surface area contributed by atoms with Gasteiger partial charge in [-0.25, -0.2) is 4.99 Å². The van der Waals surface area contributed by atoms with Crippen molar-refractivity contribution in [3.63, 3.8) is 0 Å². The van der Waals surface area contributed by atoms with Gasteiger partial charge in [0.15, 0.2) is 11.6 Å². The summed E-state index contributed by atoms with van der Waals surface area (Å²) in [7, 11) is -3.96. The summed E-state index contributed by atoms with van der Waals surface area (Å²) in [5.41, 5.74) is 2.33. The number of halogens is 1. The first kappa shape index (κ1) is 20.1. The molecule has 0 bridgehead atoms. The summed E-state index contributed by atoms with van der Waals surface area (Å²) >= 11 is 3.29. The van der Waals surface area contributed by atoms with Crippen molar-refractivity contribution >= 4 is 43.3 Å². The van der Waals surface area contributed by atoms with Gasteiger partial charge in [-0.3, -0.25) is 4.79 Å². The number of rotatable bonds is 3. The van der Waals surface area contributed by atoms with Crippen LogP contribution in [0.4, 0.5) is 0 Å². The average molecular weight is 457 g/mol. The third-order valence-corrected chi connectivity index (χ3v) is 6.10. The zero-order chi connectivity index (χ0) is 20.3. The molecule has 1 aliphatic rings. The molecule has 0 atom stereocenters. The summed E-state index contributed by atoms with van der Waals surface area (Å²) < 4.78 is 30.4. The van der Waals surface area contributed by atoms with E-state index in [1.54, 1.807) is 56.3 Å². The maximum atomic E-state index is 12.8. The SMILES string of the molecule is CC1=C(C)C(=NC(=NS(=O)(=O)c2ccc(Br)cc2)c2ccccc2)C=CC1=O. The number of benzene rings is 2. The summed E-state index contributed by atoms with van der Waals surface area (Å²) in [6.07, 6.45) is 3.00. The lowest BCUT2D eigenvalue weighted by Gasteiger charge is -2.12. The van der Waals surface area contributed by atoms with Gasteiger partial charge in [0.2, 0.25) is 0 Å². The number of nitrogens with zero attached hydrogens (tertiary/aromatic N) is 2. The molecule has 0 spiro atoms. The number of hydrogen-bond donors (Lipinski definition) is 0. The maximum Gasteiger partial charge on any atom is 0.284 e. The molecule has 142 valence electrons. The monoisotopic (exact) mass is 456 g/mol. The van der Waals surface area contributed by atoms with Gasteiger partial charge in [0.1, 0.15) is 0 Å². The fourth-order valence-electron chi connectivity index (χ4n) is 2.51. The number of carbonyl (C=O) groups is 1. The number of carbonyl (C=O) groups excluding carboxylic acids is 1. The van der Waals surface area contributed by atoms with Crippen LogP contribution in [-0.2, 0) is 14.8 Å². The molecule has 0 aliphatic heterocycles. The van der Waals surface area contributed by atoms with Crippen LogP contribution in [0.5, 0.6) is 0 Å². The molecule has 0 heterocycles. The molecule has 1 aliphatic carbocycles. The Bertz CT molecular complexity index is 1140. The van der Waals surface area contributed by atoms with Crippen molar-refractivity contribution in [2.45, 2.75) is 18.7 Å². The van der Waals surface area contributed by atoms with Crippen molar-refractivity contribution in [3.8, 4) is 0 Å². The van der Waals surface area contributed by atoms with Gasteiger partial charge in [0.05, 0.1) is 10.6 Å². The first-order chi connectivity index (χ1) is 13.3. The summed E-state index contributed by atoms with van der Waals surface area (Å²) in [6.45, 7) is 3.50. The minimum absolute atomic E-state index is 0.0599. The molecule has 0 fully saturated rings. The fraction of sp³-hybridized carbons (Fsp3) is 0.0952. The molecular weight excluding hydrogens is 440 g/mol. The van der Waals surface area contributed by atoms with Crippen molar-refractivity contribution in [1.82, 2.24) is 0 Å². The number of allylic oxidation sites excluding steroid dienone is 4. The number of amidine groups is 1. The third-order valence-electron chi connectivity index (χ3n) is 4.29. The minimum Gasteiger partial charge on any atom is -0.290 e. The molecule has 0 amide bonds. The lowest BCUT2D eigenvalue weighted by Crippen LogP contribution is -2.14. The molecule has 0 unspecified atom stereocenters. The van der Waals surface area contributed by atoms with Crippen LogP contribution in [0.1, 0.15) is 19.4 Å².